The van der Waals surface area contributed by atoms with E-state index in [1.807, 2.05) is 25.1 Å². The van der Waals surface area contributed by atoms with Crippen molar-refractivity contribution < 1.29 is 19.1 Å². The SMILES string of the molecule is CCOc1ccccc1NC(=O)CNc1ccc(C(=O)N2CCOCC2)cc1. The molecule has 148 valence electrons. The summed E-state index contributed by atoms with van der Waals surface area (Å²) in [5.41, 5.74) is 2.04. The summed E-state index contributed by atoms with van der Waals surface area (Å²) in [5.74, 6) is 0.463. The fourth-order valence-corrected chi connectivity index (χ4v) is 2.91. The van der Waals surface area contributed by atoms with Crippen LogP contribution in [-0.2, 0) is 9.53 Å². The molecule has 7 nitrogen and oxygen atoms in total. The maximum absolute atomic E-state index is 12.4. The zero-order chi connectivity index (χ0) is 19.8. The molecule has 0 aliphatic carbocycles. The van der Waals surface area contributed by atoms with Crippen LogP contribution < -0.4 is 15.4 Å². The van der Waals surface area contributed by atoms with Gasteiger partial charge in [0.05, 0.1) is 32.1 Å². The molecule has 1 saturated heterocycles. The smallest absolute Gasteiger partial charge is 0.254 e. The fourth-order valence-electron chi connectivity index (χ4n) is 2.91. The van der Waals surface area contributed by atoms with E-state index in [2.05, 4.69) is 10.6 Å². The molecule has 1 aliphatic rings. The third kappa shape index (κ3) is 5.23. The van der Waals surface area contributed by atoms with Crippen molar-refractivity contribution in [2.45, 2.75) is 6.92 Å². The van der Waals surface area contributed by atoms with Gasteiger partial charge >= 0.3 is 0 Å². The number of morpholine rings is 1. The zero-order valence-electron chi connectivity index (χ0n) is 15.9. The molecule has 2 aromatic carbocycles. The summed E-state index contributed by atoms with van der Waals surface area (Å²) in [6.07, 6.45) is 0. The van der Waals surface area contributed by atoms with Crippen molar-refractivity contribution in [3.8, 4) is 5.75 Å². The van der Waals surface area contributed by atoms with Crippen molar-refractivity contribution >= 4 is 23.2 Å². The predicted octanol–water partition coefficient (Wildman–Crippen LogP) is 2.61. The Morgan fingerprint density at radius 2 is 1.79 bits per heavy atom. The molecular weight excluding hydrogens is 358 g/mol. The van der Waals surface area contributed by atoms with Gasteiger partial charge in [-0.1, -0.05) is 12.1 Å². The Morgan fingerprint density at radius 1 is 1.07 bits per heavy atom. The molecule has 28 heavy (non-hydrogen) atoms. The van der Waals surface area contributed by atoms with Gasteiger partial charge in [0, 0.05) is 24.3 Å². The van der Waals surface area contributed by atoms with E-state index in [-0.39, 0.29) is 18.4 Å². The average Bonchev–Trinajstić information content (AvgIpc) is 2.74. The Kier molecular flexibility index (Phi) is 6.86. The van der Waals surface area contributed by atoms with E-state index >= 15 is 0 Å². The summed E-state index contributed by atoms with van der Waals surface area (Å²) in [6, 6.07) is 14.5. The number of hydrogen-bond donors (Lipinski definition) is 2. The second kappa shape index (κ2) is 9.75. The van der Waals surface area contributed by atoms with Crippen LogP contribution in [0.25, 0.3) is 0 Å². The Bertz CT molecular complexity index is 802. The molecule has 1 aliphatic heterocycles. The van der Waals surface area contributed by atoms with E-state index in [0.717, 1.165) is 5.69 Å². The van der Waals surface area contributed by atoms with E-state index in [0.29, 0.717) is 49.9 Å². The molecule has 0 bridgehead atoms. The second-order valence-corrected chi connectivity index (χ2v) is 6.31. The maximum Gasteiger partial charge on any atom is 0.254 e. The summed E-state index contributed by atoms with van der Waals surface area (Å²) in [7, 11) is 0. The minimum absolute atomic E-state index is 0.000115. The monoisotopic (exact) mass is 383 g/mol. The van der Waals surface area contributed by atoms with Crippen LogP contribution in [0.15, 0.2) is 48.5 Å². The van der Waals surface area contributed by atoms with Crippen LogP contribution in [0.4, 0.5) is 11.4 Å². The van der Waals surface area contributed by atoms with Crippen LogP contribution in [-0.4, -0.2) is 56.2 Å². The van der Waals surface area contributed by atoms with Crippen LogP contribution in [0.1, 0.15) is 17.3 Å². The van der Waals surface area contributed by atoms with Gasteiger partial charge < -0.3 is 25.0 Å². The van der Waals surface area contributed by atoms with Crippen molar-refractivity contribution in [1.82, 2.24) is 4.90 Å². The number of nitrogens with one attached hydrogen (secondary N) is 2. The van der Waals surface area contributed by atoms with Crippen molar-refractivity contribution in [3.05, 3.63) is 54.1 Å². The van der Waals surface area contributed by atoms with Gasteiger partial charge in [0.25, 0.3) is 5.91 Å². The van der Waals surface area contributed by atoms with E-state index in [4.69, 9.17) is 9.47 Å². The minimum Gasteiger partial charge on any atom is -0.492 e. The molecular formula is C21H25N3O4. The van der Waals surface area contributed by atoms with Gasteiger partial charge in [0.2, 0.25) is 5.91 Å². The molecule has 1 fully saturated rings. The summed E-state index contributed by atoms with van der Waals surface area (Å²) in [6.45, 7) is 4.91. The van der Waals surface area contributed by atoms with Crippen molar-refractivity contribution in [3.63, 3.8) is 0 Å². The average molecular weight is 383 g/mol. The topological polar surface area (TPSA) is 79.9 Å². The number of hydrogen-bond acceptors (Lipinski definition) is 5. The maximum atomic E-state index is 12.4. The Hall–Kier alpha value is -3.06. The molecule has 2 amide bonds. The molecule has 0 atom stereocenters. The van der Waals surface area contributed by atoms with Crippen LogP contribution in [0.2, 0.25) is 0 Å². The first-order valence-corrected chi connectivity index (χ1v) is 9.40. The van der Waals surface area contributed by atoms with Gasteiger partial charge in [0.1, 0.15) is 5.75 Å². The van der Waals surface area contributed by atoms with Crippen molar-refractivity contribution in [1.29, 1.82) is 0 Å². The zero-order valence-corrected chi connectivity index (χ0v) is 15.9. The molecule has 0 radical (unpaired) electrons. The minimum atomic E-state index is -0.180. The van der Waals surface area contributed by atoms with Crippen molar-refractivity contribution in [2.24, 2.45) is 0 Å². The van der Waals surface area contributed by atoms with Crippen LogP contribution >= 0.6 is 0 Å². The molecule has 0 aromatic heterocycles. The summed E-state index contributed by atoms with van der Waals surface area (Å²) < 4.78 is 10.8. The standard InChI is InChI=1S/C21H25N3O4/c1-2-28-19-6-4-3-5-18(19)23-20(25)15-22-17-9-7-16(8-10-17)21(26)24-11-13-27-14-12-24/h3-10,22H,2,11-15H2,1H3,(H,23,25). The van der Waals surface area contributed by atoms with E-state index in [9.17, 15) is 9.59 Å². The first kappa shape index (κ1) is 19.7. The summed E-state index contributed by atoms with van der Waals surface area (Å²) in [4.78, 5) is 26.4. The Labute approximate surface area is 164 Å². The normalized spacial score (nSPS) is 13.7. The fraction of sp³-hybridized carbons (Fsp3) is 0.333. The van der Waals surface area contributed by atoms with Crippen LogP contribution in [0.3, 0.4) is 0 Å². The van der Waals surface area contributed by atoms with E-state index in [1.54, 1.807) is 35.2 Å². The molecule has 0 spiro atoms. The molecule has 1 heterocycles. The lowest BCUT2D eigenvalue weighted by Gasteiger charge is -2.26. The summed E-state index contributed by atoms with van der Waals surface area (Å²) >= 11 is 0. The summed E-state index contributed by atoms with van der Waals surface area (Å²) in [5, 5.41) is 5.90. The lowest BCUT2D eigenvalue weighted by atomic mass is 10.1. The number of anilines is 2. The number of ether oxygens (including phenoxy) is 2. The van der Waals surface area contributed by atoms with Gasteiger partial charge in [-0.25, -0.2) is 0 Å². The Morgan fingerprint density at radius 3 is 2.50 bits per heavy atom. The lowest BCUT2D eigenvalue weighted by molar-refractivity contribution is -0.114. The highest BCUT2D eigenvalue weighted by Gasteiger charge is 2.18. The first-order chi connectivity index (χ1) is 13.7. The largest absolute Gasteiger partial charge is 0.492 e. The third-order valence-electron chi connectivity index (χ3n) is 4.34. The number of carbonyl (C=O) groups is 2. The van der Waals surface area contributed by atoms with Crippen LogP contribution in [0.5, 0.6) is 5.75 Å². The van der Waals surface area contributed by atoms with Gasteiger partial charge in [-0.2, -0.15) is 0 Å². The second-order valence-electron chi connectivity index (χ2n) is 6.31. The molecule has 7 heteroatoms. The lowest BCUT2D eigenvalue weighted by Crippen LogP contribution is -2.40. The highest BCUT2D eigenvalue weighted by molar-refractivity contribution is 5.96. The van der Waals surface area contributed by atoms with Gasteiger partial charge in [-0.3, -0.25) is 9.59 Å². The highest BCUT2D eigenvalue weighted by atomic mass is 16.5. The van der Waals surface area contributed by atoms with Crippen molar-refractivity contribution in [2.75, 3.05) is 50.1 Å². The molecule has 2 aromatic rings. The number of nitrogens with zero attached hydrogens (tertiary/aromatic N) is 1. The molecule has 0 unspecified atom stereocenters. The van der Waals surface area contributed by atoms with Gasteiger partial charge in [-0.15, -0.1) is 0 Å². The molecule has 2 N–H and O–H groups in total. The first-order valence-electron chi connectivity index (χ1n) is 9.40. The number of amides is 2. The van der Waals surface area contributed by atoms with Crippen LogP contribution in [0, 0.1) is 0 Å². The Balaban J connectivity index is 1.52. The van der Waals surface area contributed by atoms with Gasteiger partial charge in [0.15, 0.2) is 0 Å². The molecule has 0 saturated carbocycles. The van der Waals surface area contributed by atoms with E-state index in [1.165, 1.54) is 0 Å². The number of benzene rings is 2. The quantitative estimate of drug-likeness (QED) is 0.768. The molecule has 3 rings (SSSR count). The van der Waals surface area contributed by atoms with Gasteiger partial charge in [-0.05, 0) is 43.3 Å². The third-order valence-corrected chi connectivity index (χ3v) is 4.34. The van der Waals surface area contributed by atoms with E-state index < -0.39 is 0 Å². The highest BCUT2D eigenvalue weighted by Crippen LogP contribution is 2.23. The number of carbonyl (C=O) groups excluding carboxylic acids is 2. The number of rotatable bonds is 7. The number of para-hydroxylation sites is 2. The predicted molar refractivity (Wildman–Crippen MR) is 108 cm³/mol.